The number of urea groups is 1. The summed E-state index contributed by atoms with van der Waals surface area (Å²) in [6, 6.07) is 19.0. The van der Waals surface area contributed by atoms with E-state index in [1.54, 1.807) is 0 Å². The van der Waals surface area contributed by atoms with Crippen LogP contribution in [-0.4, -0.2) is 24.5 Å². The molecule has 1 heterocycles. The van der Waals surface area contributed by atoms with Crippen molar-refractivity contribution in [3.8, 4) is 0 Å². The zero-order chi connectivity index (χ0) is 17.5. The van der Waals surface area contributed by atoms with Crippen LogP contribution >= 0.6 is 0 Å². The smallest absolute Gasteiger partial charge is 0.315 e. The highest BCUT2D eigenvalue weighted by Gasteiger charge is 2.24. The summed E-state index contributed by atoms with van der Waals surface area (Å²) in [5.74, 6) is -0.110. The lowest BCUT2D eigenvalue weighted by atomic mass is 9.99. The van der Waals surface area contributed by atoms with Gasteiger partial charge in [0.25, 0.3) is 0 Å². The number of hydrogen-bond donors (Lipinski definition) is 3. The Kier molecular flexibility index (Phi) is 5.67. The van der Waals surface area contributed by atoms with Gasteiger partial charge in [-0.3, -0.25) is 4.79 Å². The van der Waals surface area contributed by atoms with Crippen molar-refractivity contribution in [1.82, 2.24) is 16.0 Å². The molecule has 2 aromatic carbocycles. The average Bonchev–Trinajstić information content (AvgIpc) is 2.65. The van der Waals surface area contributed by atoms with Crippen LogP contribution in [0.4, 0.5) is 4.79 Å². The first-order valence-corrected chi connectivity index (χ1v) is 8.66. The molecule has 1 saturated heterocycles. The van der Waals surface area contributed by atoms with Crippen molar-refractivity contribution >= 4 is 11.9 Å². The van der Waals surface area contributed by atoms with Crippen molar-refractivity contribution in [3.63, 3.8) is 0 Å². The zero-order valence-electron chi connectivity index (χ0n) is 14.1. The third-order valence-corrected chi connectivity index (χ3v) is 4.38. The molecule has 130 valence electrons. The Bertz CT molecular complexity index is 703. The van der Waals surface area contributed by atoms with E-state index in [9.17, 15) is 9.59 Å². The maximum absolute atomic E-state index is 12.4. The van der Waals surface area contributed by atoms with E-state index in [0.717, 1.165) is 17.5 Å². The van der Waals surface area contributed by atoms with E-state index >= 15 is 0 Å². The van der Waals surface area contributed by atoms with Gasteiger partial charge >= 0.3 is 6.03 Å². The number of carbonyl (C=O) groups is 2. The second kappa shape index (κ2) is 8.33. The van der Waals surface area contributed by atoms with Gasteiger partial charge in [0, 0.05) is 6.54 Å². The van der Waals surface area contributed by atoms with Crippen molar-refractivity contribution in [2.75, 3.05) is 6.54 Å². The molecule has 1 aliphatic rings. The Morgan fingerprint density at radius 1 is 1.08 bits per heavy atom. The minimum Gasteiger partial charge on any atom is -0.354 e. The molecular weight excluding hydrogens is 314 g/mol. The Morgan fingerprint density at radius 2 is 1.76 bits per heavy atom. The first-order valence-electron chi connectivity index (χ1n) is 8.66. The van der Waals surface area contributed by atoms with Crippen LogP contribution in [0.3, 0.4) is 0 Å². The fourth-order valence-electron chi connectivity index (χ4n) is 3.06. The summed E-state index contributed by atoms with van der Waals surface area (Å²) in [4.78, 5) is 24.3. The van der Waals surface area contributed by atoms with Crippen molar-refractivity contribution in [1.29, 1.82) is 0 Å². The van der Waals surface area contributed by atoms with Crippen LogP contribution < -0.4 is 16.0 Å². The summed E-state index contributed by atoms with van der Waals surface area (Å²) >= 11 is 0. The maximum Gasteiger partial charge on any atom is 0.315 e. The standard InChI is InChI=1S/C20H23N3O2/c24-19-17(12-7-13-21-19)22-20(25)23-18(16-10-5-2-6-11-16)14-15-8-3-1-4-9-15/h1-6,8-11,17-18H,7,12-14H2,(H,21,24)(H2,22,23,25). The lowest BCUT2D eigenvalue weighted by molar-refractivity contribution is -0.124. The zero-order valence-corrected chi connectivity index (χ0v) is 14.1. The summed E-state index contributed by atoms with van der Waals surface area (Å²) in [5.41, 5.74) is 2.18. The fraction of sp³-hybridized carbons (Fsp3) is 0.300. The summed E-state index contributed by atoms with van der Waals surface area (Å²) in [6.07, 6.45) is 2.24. The summed E-state index contributed by atoms with van der Waals surface area (Å²) in [6.45, 7) is 0.680. The first kappa shape index (κ1) is 17.0. The number of hydrogen-bond acceptors (Lipinski definition) is 2. The quantitative estimate of drug-likeness (QED) is 0.785. The van der Waals surface area contributed by atoms with Gasteiger partial charge in [-0.05, 0) is 30.4 Å². The molecule has 2 aromatic rings. The van der Waals surface area contributed by atoms with Crippen molar-refractivity contribution < 1.29 is 9.59 Å². The number of amides is 3. The minimum atomic E-state index is -0.457. The highest BCUT2D eigenvalue weighted by Crippen LogP contribution is 2.18. The van der Waals surface area contributed by atoms with Gasteiger partial charge in [0.2, 0.25) is 5.91 Å². The molecule has 0 radical (unpaired) electrons. The molecule has 5 heteroatoms. The number of benzene rings is 2. The Morgan fingerprint density at radius 3 is 2.44 bits per heavy atom. The molecule has 0 bridgehead atoms. The molecule has 3 N–H and O–H groups in total. The van der Waals surface area contributed by atoms with Gasteiger partial charge in [-0.1, -0.05) is 60.7 Å². The van der Waals surface area contributed by atoms with E-state index in [1.165, 1.54) is 0 Å². The lowest BCUT2D eigenvalue weighted by Crippen LogP contribution is -2.53. The maximum atomic E-state index is 12.4. The van der Waals surface area contributed by atoms with Gasteiger partial charge in [-0.2, -0.15) is 0 Å². The van der Waals surface area contributed by atoms with Gasteiger partial charge in [0.05, 0.1) is 6.04 Å². The van der Waals surface area contributed by atoms with E-state index < -0.39 is 6.04 Å². The normalized spacial score (nSPS) is 18.1. The largest absolute Gasteiger partial charge is 0.354 e. The summed E-state index contributed by atoms with van der Waals surface area (Å²) < 4.78 is 0. The molecule has 3 amide bonds. The minimum absolute atomic E-state index is 0.110. The summed E-state index contributed by atoms with van der Waals surface area (Å²) in [5, 5.41) is 8.59. The molecule has 2 unspecified atom stereocenters. The molecule has 1 fully saturated rings. The van der Waals surface area contributed by atoms with Gasteiger partial charge < -0.3 is 16.0 Å². The van der Waals surface area contributed by atoms with Crippen LogP contribution in [0.15, 0.2) is 60.7 Å². The second-order valence-electron chi connectivity index (χ2n) is 6.26. The van der Waals surface area contributed by atoms with Crippen LogP contribution in [0, 0.1) is 0 Å². The van der Waals surface area contributed by atoms with Crippen LogP contribution in [0.2, 0.25) is 0 Å². The molecule has 3 rings (SSSR count). The summed E-state index contributed by atoms with van der Waals surface area (Å²) in [7, 11) is 0. The predicted molar refractivity (Wildman–Crippen MR) is 97.0 cm³/mol. The van der Waals surface area contributed by atoms with Gasteiger partial charge in [0.15, 0.2) is 0 Å². The Hall–Kier alpha value is -2.82. The van der Waals surface area contributed by atoms with Crippen LogP contribution in [-0.2, 0) is 11.2 Å². The second-order valence-corrected chi connectivity index (χ2v) is 6.26. The van der Waals surface area contributed by atoms with E-state index in [0.29, 0.717) is 19.4 Å². The average molecular weight is 337 g/mol. The molecule has 5 nitrogen and oxygen atoms in total. The predicted octanol–water partition coefficient (Wildman–Crippen LogP) is 2.55. The number of piperidine rings is 1. The van der Waals surface area contributed by atoms with Crippen LogP contribution in [0.25, 0.3) is 0 Å². The monoisotopic (exact) mass is 337 g/mol. The molecule has 0 saturated carbocycles. The molecule has 0 aliphatic carbocycles. The SMILES string of the molecule is O=C(NC1CCCNC1=O)NC(Cc1ccccc1)c1ccccc1. The molecule has 2 atom stereocenters. The van der Waals surface area contributed by atoms with Crippen LogP contribution in [0.1, 0.15) is 30.0 Å². The third-order valence-electron chi connectivity index (χ3n) is 4.38. The highest BCUT2D eigenvalue weighted by atomic mass is 16.2. The molecular formula is C20H23N3O2. The first-order chi connectivity index (χ1) is 12.2. The number of carbonyl (C=O) groups excluding carboxylic acids is 2. The highest BCUT2D eigenvalue weighted by molar-refractivity contribution is 5.87. The van der Waals surface area contributed by atoms with E-state index in [1.807, 2.05) is 60.7 Å². The molecule has 1 aliphatic heterocycles. The van der Waals surface area contributed by atoms with Crippen molar-refractivity contribution in [2.45, 2.75) is 31.3 Å². The van der Waals surface area contributed by atoms with Crippen molar-refractivity contribution in [2.24, 2.45) is 0 Å². The van der Waals surface area contributed by atoms with Crippen molar-refractivity contribution in [3.05, 3.63) is 71.8 Å². The Balaban J connectivity index is 1.68. The lowest BCUT2D eigenvalue weighted by Gasteiger charge is -2.25. The molecule has 0 spiro atoms. The van der Waals surface area contributed by atoms with Gasteiger partial charge in [0.1, 0.15) is 6.04 Å². The van der Waals surface area contributed by atoms with E-state index in [2.05, 4.69) is 16.0 Å². The van der Waals surface area contributed by atoms with Gasteiger partial charge in [-0.25, -0.2) is 4.79 Å². The Labute approximate surface area is 147 Å². The van der Waals surface area contributed by atoms with E-state index in [-0.39, 0.29) is 18.0 Å². The van der Waals surface area contributed by atoms with E-state index in [4.69, 9.17) is 0 Å². The molecule has 25 heavy (non-hydrogen) atoms. The topological polar surface area (TPSA) is 70.2 Å². The number of nitrogens with one attached hydrogen (secondary N) is 3. The molecule has 0 aromatic heterocycles. The number of rotatable bonds is 5. The third kappa shape index (κ3) is 4.83. The van der Waals surface area contributed by atoms with Crippen LogP contribution in [0.5, 0.6) is 0 Å². The fourth-order valence-corrected chi connectivity index (χ4v) is 3.06. The van der Waals surface area contributed by atoms with Gasteiger partial charge in [-0.15, -0.1) is 0 Å².